The highest BCUT2D eigenvalue weighted by Crippen LogP contribution is 2.30. The minimum absolute atomic E-state index is 0.408. The Balaban J connectivity index is 2.33. The van der Waals surface area contributed by atoms with Crippen LogP contribution in [0.3, 0.4) is 0 Å². The number of carbonyl (C=O) groups excluding carboxylic acids is 1. The molecule has 0 aliphatic rings. The molecule has 0 bridgehead atoms. The Bertz CT molecular complexity index is 905. The van der Waals surface area contributed by atoms with Gasteiger partial charge < -0.3 is 4.74 Å². The van der Waals surface area contributed by atoms with Crippen molar-refractivity contribution in [3.8, 4) is 11.3 Å². The third-order valence-electron chi connectivity index (χ3n) is 3.71. The number of hydrogen-bond acceptors (Lipinski definition) is 3. The molecule has 0 aliphatic heterocycles. The van der Waals surface area contributed by atoms with E-state index in [0.29, 0.717) is 26.8 Å². The molecule has 0 aliphatic carbocycles. The van der Waals surface area contributed by atoms with E-state index in [0.717, 1.165) is 16.5 Å². The zero-order chi connectivity index (χ0) is 16.6. The van der Waals surface area contributed by atoms with Crippen molar-refractivity contribution >= 4 is 40.1 Å². The summed E-state index contributed by atoms with van der Waals surface area (Å²) >= 11 is 12.1. The van der Waals surface area contributed by atoms with E-state index < -0.39 is 5.97 Å². The number of esters is 1. The van der Waals surface area contributed by atoms with Crippen molar-refractivity contribution < 1.29 is 9.53 Å². The Kier molecular flexibility index (Phi) is 4.24. The van der Waals surface area contributed by atoms with Gasteiger partial charge in [0.15, 0.2) is 0 Å². The van der Waals surface area contributed by atoms with Gasteiger partial charge in [-0.1, -0.05) is 41.4 Å². The predicted molar refractivity (Wildman–Crippen MR) is 93.3 cm³/mol. The van der Waals surface area contributed by atoms with E-state index in [4.69, 9.17) is 27.9 Å². The molecule has 0 saturated carbocycles. The van der Waals surface area contributed by atoms with Gasteiger partial charge in [-0.3, -0.25) is 0 Å². The van der Waals surface area contributed by atoms with Crippen LogP contribution in [0.25, 0.3) is 22.2 Å². The molecule has 116 valence electrons. The molecular formula is C18H13Cl2NO2. The first kappa shape index (κ1) is 15.8. The summed E-state index contributed by atoms with van der Waals surface area (Å²) in [5.74, 6) is -0.408. The summed E-state index contributed by atoms with van der Waals surface area (Å²) in [5.41, 5.74) is 3.50. The number of methoxy groups -OCH3 is 1. The molecule has 5 heteroatoms. The summed E-state index contributed by atoms with van der Waals surface area (Å²) in [6.45, 7) is 1.88. The molecule has 0 fully saturated rings. The van der Waals surface area contributed by atoms with Crippen LogP contribution in [0, 0.1) is 6.92 Å². The smallest absolute Gasteiger partial charge is 0.338 e. The number of benzene rings is 2. The van der Waals surface area contributed by atoms with Gasteiger partial charge in [0.2, 0.25) is 0 Å². The molecule has 0 amide bonds. The van der Waals surface area contributed by atoms with Crippen LogP contribution in [-0.4, -0.2) is 18.1 Å². The van der Waals surface area contributed by atoms with E-state index >= 15 is 0 Å². The highest BCUT2D eigenvalue weighted by molar-refractivity contribution is 6.32. The fraction of sp³-hybridized carbons (Fsp3) is 0.111. The number of fused-ring (bicyclic) bond motifs is 1. The largest absolute Gasteiger partial charge is 0.465 e. The summed E-state index contributed by atoms with van der Waals surface area (Å²) < 4.78 is 4.90. The lowest BCUT2D eigenvalue weighted by atomic mass is 10.0. The molecule has 0 atom stereocenters. The number of ether oxygens (including phenoxy) is 1. The highest BCUT2D eigenvalue weighted by Gasteiger charge is 2.16. The van der Waals surface area contributed by atoms with Gasteiger partial charge in [0.25, 0.3) is 0 Å². The van der Waals surface area contributed by atoms with Gasteiger partial charge in [-0.15, -0.1) is 0 Å². The van der Waals surface area contributed by atoms with Gasteiger partial charge in [-0.2, -0.15) is 0 Å². The Morgan fingerprint density at radius 2 is 1.78 bits per heavy atom. The van der Waals surface area contributed by atoms with Crippen molar-refractivity contribution in [3.63, 3.8) is 0 Å². The normalized spacial score (nSPS) is 10.8. The highest BCUT2D eigenvalue weighted by atomic mass is 35.5. The maximum atomic E-state index is 12.2. The second-order valence-corrected chi connectivity index (χ2v) is 5.97. The SMILES string of the molecule is COC(=O)c1cc(-c2ccc(Cl)cc2)nc2c(C)c(Cl)ccc12. The Hall–Kier alpha value is -2.10. The molecule has 23 heavy (non-hydrogen) atoms. The first-order valence-corrected chi connectivity index (χ1v) is 7.71. The number of halogens is 2. The van der Waals surface area contributed by atoms with Crippen LogP contribution < -0.4 is 0 Å². The molecule has 3 aromatic rings. The van der Waals surface area contributed by atoms with Crippen LogP contribution in [0.15, 0.2) is 42.5 Å². The van der Waals surface area contributed by atoms with Crippen LogP contribution in [0.5, 0.6) is 0 Å². The molecule has 1 aromatic heterocycles. The maximum absolute atomic E-state index is 12.2. The molecule has 0 spiro atoms. The topological polar surface area (TPSA) is 39.2 Å². The molecule has 0 unspecified atom stereocenters. The van der Waals surface area contributed by atoms with E-state index in [-0.39, 0.29) is 0 Å². The molecule has 0 saturated heterocycles. The van der Waals surface area contributed by atoms with Crippen LogP contribution in [-0.2, 0) is 4.74 Å². The Labute approximate surface area is 143 Å². The van der Waals surface area contributed by atoms with Crippen LogP contribution >= 0.6 is 23.2 Å². The second kappa shape index (κ2) is 6.19. The van der Waals surface area contributed by atoms with Crippen LogP contribution in [0.4, 0.5) is 0 Å². The lowest BCUT2D eigenvalue weighted by molar-refractivity contribution is 0.0603. The van der Waals surface area contributed by atoms with E-state index in [1.165, 1.54) is 7.11 Å². The first-order chi connectivity index (χ1) is 11.0. The monoisotopic (exact) mass is 345 g/mol. The number of nitrogens with zero attached hydrogens (tertiary/aromatic N) is 1. The average Bonchev–Trinajstić information content (AvgIpc) is 2.57. The van der Waals surface area contributed by atoms with Crippen molar-refractivity contribution in [3.05, 3.63) is 63.6 Å². The van der Waals surface area contributed by atoms with Crippen molar-refractivity contribution in [1.82, 2.24) is 4.98 Å². The molecule has 3 rings (SSSR count). The fourth-order valence-electron chi connectivity index (χ4n) is 2.45. The summed E-state index contributed by atoms with van der Waals surface area (Å²) in [6, 6.07) is 12.6. The second-order valence-electron chi connectivity index (χ2n) is 5.12. The Morgan fingerprint density at radius 1 is 1.09 bits per heavy atom. The Morgan fingerprint density at radius 3 is 2.43 bits per heavy atom. The number of aromatic nitrogens is 1. The number of pyridine rings is 1. The van der Waals surface area contributed by atoms with Crippen molar-refractivity contribution in [2.75, 3.05) is 7.11 Å². The molecule has 2 aromatic carbocycles. The maximum Gasteiger partial charge on any atom is 0.338 e. The van der Waals surface area contributed by atoms with Gasteiger partial charge in [-0.05, 0) is 36.8 Å². The zero-order valence-corrected chi connectivity index (χ0v) is 14.1. The third kappa shape index (κ3) is 2.90. The molecule has 0 N–H and O–H groups in total. The van der Waals surface area contributed by atoms with Gasteiger partial charge in [0.1, 0.15) is 0 Å². The van der Waals surface area contributed by atoms with E-state index in [1.54, 1.807) is 30.3 Å². The average molecular weight is 346 g/mol. The van der Waals surface area contributed by atoms with Gasteiger partial charge >= 0.3 is 5.97 Å². The van der Waals surface area contributed by atoms with Crippen molar-refractivity contribution in [1.29, 1.82) is 0 Å². The van der Waals surface area contributed by atoms with Gasteiger partial charge in [-0.25, -0.2) is 9.78 Å². The summed E-state index contributed by atoms with van der Waals surface area (Å²) in [6.07, 6.45) is 0. The fourth-order valence-corrected chi connectivity index (χ4v) is 2.73. The van der Waals surface area contributed by atoms with Crippen LogP contribution in [0.2, 0.25) is 10.0 Å². The van der Waals surface area contributed by atoms with Crippen molar-refractivity contribution in [2.24, 2.45) is 0 Å². The van der Waals surface area contributed by atoms with E-state index in [2.05, 4.69) is 4.98 Å². The van der Waals surface area contributed by atoms with Crippen molar-refractivity contribution in [2.45, 2.75) is 6.92 Å². The molecular weight excluding hydrogens is 333 g/mol. The van der Waals surface area contributed by atoms with Gasteiger partial charge in [0.05, 0.1) is 23.9 Å². The number of aryl methyl sites for hydroxylation is 1. The van der Waals surface area contributed by atoms with E-state index in [9.17, 15) is 4.79 Å². The summed E-state index contributed by atoms with van der Waals surface area (Å²) in [5, 5.41) is 1.97. The quantitative estimate of drug-likeness (QED) is 0.591. The summed E-state index contributed by atoms with van der Waals surface area (Å²) in [4.78, 5) is 16.8. The minimum Gasteiger partial charge on any atom is -0.465 e. The first-order valence-electron chi connectivity index (χ1n) is 6.95. The molecule has 1 heterocycles. The standard InChI is InChI=1S/C18H13Cl2NO2/c1-10-15(20)8-7-13-14(18(22)23-2)9-16(21-17(10)13)11-3-5-12(19)6-4-11/h3-9H,1-2H3. The number of rotatable bonds is 2. The lowest BCUT2D eigenvalue weighted by Crippen LogP contribution is -2.04. The zero-order valence-electron chi connectivity index (χ0n) is 12.6. The summed E-state index contributed by atoms with van der Waals surface area (Å²) in [7, 11) is 1.36. The number of hydrogen-bond donors (Lipinski definition) is 0. The van der Waals surface area contributed by atoms with Gasteiger partial charge in [0, 0.05) is 21.0 Å². The lowest BCUT2D eigenvalue weighted by Gasteiger charge is -2.11. The van der Waals surface area contributed by atoms with Crippen LogP contribution in [0.1, 0.15) is 15.9 Å². The number of carbonyl (C=O) groups is 1. The predicted octanol–water partition coefficient (Wildman–Crippen LogP) is 5.30. The minimum atomic E-state index is -0.408. The van der Waals surface area contributed by atoms with E-state index in [1.807, 2.05) is 19.1 Å². The molecule has 0 radical (unpaired) electrons. The molecule has 3 nitrogen and oxygen atoms in total. The third-order valence-corrected chi connectivity index (χ3v) is 4.38.